The fourth-order valence-corrected chi connectivity index (χ4v) is 2.23. The van der Waals surface area contributed by atoms with Crippen LogP contribution in [0.15, 0.2) is 18.2 Å². The number of hydrogen-bond donors (Lipinski definition) is 4. The van der Waals surface area contributed by atoms with E-state index in [4.69, 9.17) is 0 Å². The maximum Gasteiger partial charge on any atom is 0.259 e. The molecule has 0 aromatic heterocycles. The number of amides is 4. The first-order valence-electron chi connectivity index (χ1n) is 6.35. The Balaban J connectivity index is 1.72. The molecular weight excluding hydrogens is 276 g/mol. The Morgan fingerprint density at radius 2 is 1.90 bits per heavy atom. The molecule has 1 atom stereocenters. The zero-order valence-corrected chi connectivity index (χ0v) is 10.9. The molecule has 0 radical (unpaired) electrons. The number of anilines is 1. The van der Waals surface area contributed by atoms with E-state index in [-0.39, 0.29) is 30.5 Å². The maximum absolute atomic E-state index is 12.0. The molecule has 4 N–H and O–H groups in total. The summed E-state index contributed by atoms with van der Waals surface area (Å²) in [6.45, 7) is 0.285. The Bertz CT molecular complexity index is 660. The lowest BCUT2D eigenvalue weighted by atomic mass is 10.1. The first-order valence-corrected chi connectivity index (χ1v) is 6.35. The van der Waals surface area contributed by atoms with Crippen LogP contribution in [0.5, 0.6) is 0 Å². The third-order valence-electron chi connectivity index (χ3n) is 3.33. The van der Waals surface area contributed by atoms with Crippen molar-refractivity contribution in [2.24, 2.45) is 0 Å². The first-order chi connectivity index (χ1) is 10.0. The van der Waals surface area contributed by atoms with E-state index < -0.39 is 17.9 Å². The third-order valence-corrected chi connectivity index (χ3v) is 3.33. The molecule has 0 saturated carbocycles. The lowest BCUT2D eigenvalue weighted by Crippen LogP contribution is -2.56. The highest BCUT2D eigenvalue weighted by Crippen LogP contribution is 2.20. The van der Waals surface area contributed by atoms with Crippen molar-refractivity contribution in [3.8, 4) is 0 Å². The molecule has 4 amide bonds. The Hall–Kier alpha value is -2.74. The molecule has 21 heavy (non-hydrogen) atoms. The van der Waals surface area contributed by atoms with Gasteiger partial charge in [0.2, 0.25) is 11.8 Å². The highest BCUT2D eigenvalue weighted by molar-refractivity contribution is 6.22. The van der Waals surface area contributed by atoms with Crippen molar-refractivity contribution in [1.29, 1.82) is 0 Å². The largest absolute Gasteiger partial charge is 0.353 e. The quantitative estimate of drug-likeness (QED) is 0.499. The fraction of sp³-hybridized carbons (Fsp3) is 0.231. The van der Waals surface area contributed by atoms with Gasteiger partial charge in [0.15, 0.2) is 0 Å². The summed E-state index contributed by atoms with van der Waals surface area (Å²) in [5.74, 6) is -1.40. The maximum atomic E-state index is 12.0. The van der Waals surface area contributed by atoms with Gasteiger partial charge in [0, 0.05) is 12.2 Å². The van der Waals surface area contributed by atoms with Crippen LogP contribution >= 0.6 is 0 Å². The second-order valence-electron chi connectivity index (χ2n) is 4.77. The minimum Gasteiger partial charge on any atom is -0.353 e. The van der Waals surface area contributed by atoms with Crippen LogP contribution in [0.25, 0.3) is 0 Å². The molecule has 1 unspecified atom stereocenters. The summed E-state index contributed by atoms with van der Waals surface area (Å²) in [4.78, 5) is 46.0. The van der Waals surface area contributed by atoms with Gasteiger partial charge in [-0.15, -0.1) is 0 Å². The predicted molar refractivity (Wildman–Crippen MR) is 71.7 cm³/mol. The number of imide groups is 1. The minimum atomic E-state index is -0.536. The number of fused-ring (bicyclic) bond motifs is 1. The fourth-order valence-electron chi connectivity index (χ4n) is 2.23. The number of carbonyl (C=O) groups excluding carboxylic acids is 4. The van der Waals surface area contributed by atoms with Crippen molar-refractivity contribution in [3.05, 3.63) is 29.3 Å². The lowest BCUT2D eigenvalue weighted by molar-refractivity contribution is -0.124. The molecule has 0 aliphatic carbocycles. The molecule has 0 bridgehead atoms. The first kappa shape index (κ1) is 13.3. The summed E-state index contributed by atoms with van der Waals surface area (Å²) in [7, 11) is 0. The topological polar surface area (TPSA) is 116 Å². The summed E-state index contributed by atoms with van der Waals surface area (Å²) in [5.41, 5.74) is 0.950. The van der Waals surface area contributed by atoms with Crippen LogP contribution in [0.3, 0.4) is 0 Å². The zero-order valence-electron chi connectivity index (χ0n) is 10.9. The van der Waals surface area contributed by atoms with E-state index in [1.807, 2.05) is 0 Å². The molecule has 1 aromatic rings. The Morgan fingerprint density at radius 1 is 1.14 bits per heavy atom. The second kappa shape index (κ2) is 4.98. The summed E-state index contributed by atoms with van der Waals surface area (Å²) >= 11 is 0. The molecule has 8 nitrogen and oxygen atoms in total. The lowest BCUT2D eigenvalue weighted by Gasteiger charge is -2.23. The molecule has 1 saturated heterocycles. The van der Waals surface area contributed by atoms with Gasteiger partial charge in [-0.25, -0.2) is 0 Å². The second-order valence-corrected chi connectivity index (χ2v) is 4.77. The van der Waals surface area contributed by atoms with Crippen LogP contribution in [-0.2, 0) is 9.59 Å². The van der Waals surface area contributed by atoms with Gasteiger partial charge < -0.3 is 10.6 Å². The number of nitrogens with one attached hydrogen (secondary N) is 4. The number of rotatable bonds is 2. The molecule has 0 spiro atoms. The van der Waals surface area contributed by atoms with Crippen LogP contribution in [0, 0.1) is 0 Å². The number of carbonyl (C=O) groups is 4. The van der Waals surface area contributed by atoms with E-state index in [1.54, 1.807) is 6.07 Å². The van der Waals surface area contributed by atoms with E-state index in [1.165, 1.54) is 12.1 Å². The number of benzene rings is 1. The van der Waals surface area contributed by atoms with Gasteiger partial charge >= 0.3 is 0 Å². The van der Waals surface area contributed by atoms with Crippen LogP contribution in [0.1, 0.15) is 20.7 Å². The average molecular weight is 288 g/mol. The molecule has 8 heteroatoms. The van der Waals surface area contributed by atoms with Gasteiger partial charge in [-0.05, 0) is 18.2 Å². The molecule has 2 heterocycles. The highest BCUT2D eigenvalue weighted by atomic mass is 16.2. The van der Waals surface area contributed by atoms with Gasteiger partial charge in [-0.3, -0.25) is 29.8 Å². The van der Waals surface area contributed by atoms with Crippen LogP contribution in [-0.4, -0.2) is 42.8 Å². The molecule has 3 rings (SSSR count). The van der Waals surface area contributed by atoms with E-state index in [9.17, 15) is 19.2 Å². The zero-order chi connectivity index (χ0) is 15.0. The van der Waals surface area contributed by atoms with E-state index in [2.05, 4.69) is 21.3 Å². The van der Waals surface area contributed by atoms with Gasteiger partial charge in [0.05, 0.1) is 17.7 Å². The molecule has 108 valence electrons. The summed E-state index contributed by atoms with van der Waals surface area (Å²) in [6.07, 6.45) is 0. The van der Waals surface area contributed by atoms with E-state index in [0.29, 0.717) is 11.3 Å². The van der Waals surface area contributed by atoms with Crippen molar-refractivity contribution in [1.82, 2.24) is 16.0 Å². The van der Waals surface area contributed by atoms with Crippen molar-refractivity contribution < 1.29 is 19.2 Å². The van der Waals surface area contributed by atoms with Crippen LogP contribution in [0.2, 0.25) is 0 Å². The van der Waals surface area contributed by atoms with Crippen molar-refractivity contribution >= 4 is 29.3 Å². The molecule has 1 aromatic carbocycles. The molecular formula is C13H12N4O4. The SMILES string of the molecule is O=C1CNC(C(=O)Nc2ccc3c(c2)C(=O)NC3=O)CN1. The van der Waals surface area contributed by atoms with E-state index in [0.717, 1.165) is 0 Å². The Kier molecular flexibility index (Phi) is 3.15. The minimum absolute atomic E-state index is 0.0825. The van der Waals surface area contributed by atoms with Crippen LogP contribution in [0.4, 0.5) is 5.69 Å². The predicted octanol–water partition coefficient (Wildman–Crippen LogP) is -1.40. The summed E-state index contributed by atoms with van der Waals surface area (Å²) in [5, 5.41) is 10.2. The van der Waals surface area contributed by atoms with Crippen molar-refractivity contribution in [2.45, 2.75) is 6.04 Å². The van der Waals surface area contributed by atoms with Crippen molar-refractivity contribution in [3.63, 3.8) is 0 Å². The van der Waals surface area contributed by atoms with Crippen LogP contribution < -0.4 is 21.3 Å². The number of piperazine rings is 1. The van der Waals surface area contributed by atoms with Gasteiger partial charge in [0.25, 0.3) is 11.8 Å². The molecule has 2 aliphatic rings. The number of hydrogen-bond acceptors (Lipinski definition) is 5. The Morgan fingerprint density at radius 3 is 2.62 bits per heavy atom. The van der Waals surface area contributed by atoms with E-state index >= 15 is 0 Å². The highest BCUT2D eigenvalue weighted by Gasteiger charge is 2.28. The monoisotopic (exact) mass is 288 g/mol. The third kappa shape index (κ3) is 2.48. The standard InChI is InChI=1S/C13H12N4O4/c18-10-5-14-9(4-15-10)13(21)16-6-1-2-7-8(3-6)12(20)17-11(7)19/h1-3,9,14H,4-5H2,(H,15,18)(H,16,21)(H,17,19,20). The summed E-state index contributed by atoms with van der Waals surface area (Å²) < 4.78 is 0. The average Bonchev–Trinajstić information content (AvgIpc) is 2.74. The van der Waals surface area contributed by atoms with Gasteiger partial charge in [-0.1, -0.05) is 0 Å². The normalized spacial score (nSPS) is 20.6. The smallest absolute Gasteiger partial charge is 0.259 e. The molecule has 2 aliphatic heterocycles. The molecule has 1 fully saturated rings. The van der Waals surface area contributed by atoms with Gasteiger partial charge in [-0.2, -0.15) is 0 Å². The van der Waals surface area contributed by atoms with Gasteiger partial charge in [0.1, 0.15) is 6.04 Å². The summed E-state index contributed by atoms with van der Waals surface area (Å²) in [6, 6.07) is 3.96. The van der Waals surface area contributed by atoms with Crippen molar-refractivity contribution in [2.75, 3.05) is 18.4 Å². The Labute approximate surface area is 119 Å².